The zero-order chi connectivity index (χ0) is 13.3. The molecule has 1 heterocycles. The van der Waals surface area contributed by atoms with Crippen LogP contribution in [-0.4, -0.2) is 53.0 Å². The first-order valence-corrected chi connectivity index (χ1v) is 6.61. The number of carbonyl (C=O) groups is 1. The first-order chi connectivity index (χ1) is 8.06. The van der Waals surface area contributed by atoms with Gasteiger partial charge < -0.3 is 19.6 Å². The van der Waals surface area contributed by atoms with Crippen LogP contribution in [0, 0.1) is 0 Å². The van der Waals surface area contributed by atoms with Crippen molar-refractivity contribution in [2.75, 3.05) is 13.2 Å². The third-order valence-corrected chi connectivity index (χ3v) is 3.02. The molecular weight excluding hydrogens is 238 g/mol. The molecule has 3 atom stereocenters. The number of aliphatic hydroxyl groups is 1. The predicted octanol–water partition coefficient (Wildman–Crippen LogP) is -0.870. The van der Waals surface area contributed by atoms with Gasteiger partial charge in [-0.3, -0.25) is 0 Å². The Hall–Kier alpha value is -0.693. The molecule has 1 aliphatic heterocycles. The topological polar surface area (TPSA) is 67.8 Å². The minimum absolute atomic E-state index is 0.0869. The second kappa shape index (κ2) is 9.35. The highest BCUT2D eigenvalue weighted by molar-refractivity contribution is 5.97. The van der Waals surface area contributed by atoms with Gasteiger partial charge in [-0.1, -0.05) is 6.58 Å². The maximum Gasteiger partial charge on any atom is 0.330 e. The largest absolute Gasteiger partial charge is 0.455 e. The molecule has 5 nitrogen and oxygen atoms in total. The quantitative estimate of drug-likeness (QED) is 0.382. The smallest absolute Gasteiger partial charge is 0.330 e. The van der Waals surface area contributed by atoms with Crippen LogP contribution in [0.4, 0.5) is 0 Å². The van der Waals surface area contributed by atoms with Crippen molar-refractivity contribution in [1.29, 1.82) is 0 Å². The molecule has 0 aliphatic carbocycles. The zero-order valence-electron chi connectivity index (χ0n) is 10.8. The van der Waals surface area contributed by atoms with E-state index in [2.05, 4.69) is 16.3 Å². The molecule has 2 N–H and O–H groups in total. The molecule has 0 aromatic rings. The predicted molar refractivity (Wildman–Crippen MR) is 69.7 cm³/mol. The summed E-state index contributed by atoms with van der Waals surface area (Å²) in [4.78, 5) is 10.9. The molecule has 0 bridgehead atoms. The molecule has 0 aromatic carbocycles. The molecular formula is C11H23NO4Si. The van der Waals surface area contributed by atoms with Crippen LogP contribution >= 0.6 is 0 Å². The van der Waals surface area contributed by atoms with Gasteiger partial charge in [-0.15, -0.1) is 0 Å². The first-order valence-electron chi connectivity index (χ1n) is 5.80. The van der Waals surface area contributed by atoms with Crippen molar-refractivity contribution in [2.45, 2.75) is 38.5 Å². The number of hydrogen-bond acceptors (Lipinski definition) is 5. The zero-order valence-corrected chi connectivity index (χ0v) is 12.8. The minimum Gasteiger partial charge on any atom is -0.455 e. The first kappa shape index (κ1) is 16.3. The van der Waals surface area contributed by atoms with E-state index in [9.17, 15) is 9.90 Å². The van der Waals surface area contributed by atoms with Crippen LogP contribution in [0.1, 0.15) is 20.3 Å². The maximum absolute atomic E-state index is 10.9. The molecule has 0 amide bonds. The highest BCUT2D eigenvalue weighted by atomic mass is 28.2. The van der Waals surface area contributed by atoms with E-state index < -0.39 is 18.2 Å². The molecule has 3 unspecified atom stereocenters. The van der Waals surface area contributed by atoms with Crippen LogP contribution in [0.3, 0.4) is 0 Å². The summed E-state index contributed by atoms with van der Waals surface area (Å²) in [7, 11) is 0.890. The van der Waals surface area contributed by atoms with Crippen LogP contribution in [0.25, 0.3) is 0 Å². The molecule has 1 saturated heterocycles. The summed E-state index contributed by atoms with van der Waals surface area (Å²) in [6, 6.07) is 0.0869. The highest BCUT2D eigenvalue weighted by Gasteiger charge is 2.32. The van der Waals surface area contributed by atoms with Gasteiger partial charge in [-0.25, -0.2) is 4.79 Å². The van der Waals surface area contributed by atoms with Crippen LogP contribution in [-0.2, 0) is 14.0 Å². The molecule has 1 aliphatic rings. The van der Waals surface area contributed by atoms with Gasteiger partial charge in [0.1, 0.15) is 16.6 Å². The van der Waals surface area contributed by atoms with Gasteiger partial charge in [0.05, 0.1) is 6.10 Å². The van der Waals surface area contributed by atoms with Crippen molar-refractivity contribution in [3.8, 4) is 0 Å². The van der Waals surface area contributed by atoms with Crippen molar-refractivity contribution >= 4 is 16.5 Å². The van der Waals surface area contributed by atoms with Gasteiger partial charge in [0.2, 0.25) is 0 Å². The number of nitrogens with one attached hydrogen (secondary N) is 1. The normalized spacial score (nSPS) is 21.5. The number of carbonyl (C=O) groups excluding carboxylic acids is 1. The van der Waals surface area contributed by atoms with Crippen LogP contribution in [0.15, 0.2) is 12.7 Å². The lowest BCUT2D eigenvalue weighted by Gasteiger charge is -2.35. The Labute approximate surface area is 106 Å². The third-order valence-electron chi connectivity index (χ3n) is 2.44. The molecule has 0 saturated carbocycles. The Morgan fingerprint density at radius 2 is 2.29 bits per heavy atom. The second-order valence-corrected chi connectivity index (χ2v) is 4.35. The number of hydrogen-bond donors (Lipinski definition) is 2. The molecule has 0 radical (unpaired) electrons. The standard InChI is InChI=1S/C9H15NO3.C2H8OSi/c1-3-8(12)13-9(6(2)11)7-4-5-10-7;1-2-3-4/h3,6-7,9-11H,1,4-5H2,2H3;2H2,1,4H3. The maximum atomic E-state index is 10.9. The number of ether oxygens (including phenoxy) is 1. The van der Waals surface area contributed by atoms with Gasteiger partial charge in [-0.2, -0.15) is 0 Å². The highest BCUT2D eigenvalue weighted by Crippen LogP contribution is 2.14. The van der Waals surface area contributed by atoms with E-state index in [1.54, 1.807) is 6.92 Å². The molecule has 17 heavy (non-hydrogen) atoms. The Morgan fingerprint density at radius 1 is 1.76 bits per heavy atom. The van der Waals surface area contributed by atoms with Crippen molar-refractivity contribution in [3.05, 3.63) is 12.7 Å². The fourth-order valence-corrected chi connectivity index (χ4v) is 1.29. The molecule has 1 fully saturated rings. The van der Waals surface area contributed by atoms with E-state index in [-0.39, 0.29) is 6.04 Å². The van der Waals surface area contributed by atoms with E-state index >= 15 is 0 Å². The average Bonchev–Trinajstić information content (AvgIpc) is 2.25. The monoisotopic (exact) mass is 261 g/mol. The van der Waals surface area contributed by atoms with E-state index in [0.717, 1.165) is 36.1 Å². The molecule has 0 spiro atoms. The molecule has 1 rings (SSSR count). The van der Waals surface area contributed by atoms with Crippen molar-refractivity contribution in [1.82, 2.24) is 5.32 Å². The van der Waals surface area contributed by atoms with Crippen LogP contribution < -0.4 is 5.32 Å². The van der Waals surface area contributed by atoms with Gasteiger partial charge in [0, 0.05) is 18.7 Å². The van der Waals surface area contributed by atoms with E-state index in [1.807, 2.05) is 6.92 Å². The van der Waals surface area contributed by atoms with Gasteiger partial charge in [0.25, 0.3) is 0 Å². The molecule has 100 valence electrons. The molecule has 6 heteroatoms. The lowest BCUT2D eigenvalue weighted by Crippen LogP contribution is -2.55. The van der Waals surface area contributed by atoms with Crippen LogP contribution in [0.5, 0.6) is 0 Å². The summed E-state index contributed by atoms with van der Waals surface area (Å²) >= 11 is 0. The number of rotatable bonds is 5. The van der Waals surface area contributed by atoms with Gasteiger partial charge in [-0.05, 0) is 26.8 Å². The Bertz CT molecular complexity index is 230. The SMILES string of the molecule is C=CC(=O)OC(C(C)O)C1CCN1.CCO[SiH3]. The van der Waals surface area contributed by atoms with Crippen molar-refractivity contribution in [2.24, 2.45) is 0 Å². The Balaban J connectivity index is 0.000000557. The van der Waals surface area contributed by atoms with Gasteiger partial charge >= 0.3 is 5.97 Å². The lowest BCUT2D eigenvalue weighted by molar-refractivity contribution is -0.152. The fraction of sp³-hybridized carbons (Fsp3) is 0.727. The summed E-state index contributed by atoms with van der Waals surface area (Å²) in [6.07, 6.45) is 0.926. The lowest BCUT2D eigenvalue weighted by atomic mass is 9.97. The summed E-state index contributed by atoms with van der Waals surface area (Å²) < 4.78 is 9.68. The second-order valence-electron chi connectivity index (χ2n) is 3.77. The summed E-state index contributed by atoms with van der Waals surface area (Å²) in [5.41, 5.74) is 0. The van der Waals surface area contributed by atoms with Crippen molar-refractivity contribution in [3.63, 3.8) is 0 Å². The molecule has 0 aromatic heterocycles. The Morgan fingerprint density at radius 3 is 2.53 bits per heavy atom. The average molecular weight is 261 g/mol. The summed E-state index contributed by atoms with van der Waals surface area (Å²) in [5, 5.41) is 12.4. The summed E-state index contributed by atoms with van der Waals surface area (Å²) in [5.74, 6) is -0.486. The minimum atomic E-state index is -0.651. The van der Waals surface area contributed by atoms with E-state index in [1.165, 1.54) is 0 Å². The number of aliphatic hydroxyl groups excluding tert-OH is 1. The fourth-order valence-electron chi connectivity index (χ4n) is 1.29. The summed E-state index contributed by atoms with van der Waals surface area (Å²) in [6.45, 7) is 8.70. The van der Waals surface area contributed by atoms with Crippen molar-refractivity contribution < 1.29 is 19.1 Å². The third kappa shape index (κ3) is 6.57. The van der Waals surface area contributed by atoms with Crippen LogP contribution in [0.2, 0.25) is 0 Å². The Kier molecular flexibility index (Phi) is 8.97. The van der Waals surface area contributed by atoms with E-state index in [0.29, 0.717) is 0 Å². The van der Waals surface area contributed by atoms with E-state index in [4.69, 9.17) is 4.74 Å². The number of esters is 1. The van der Waals surface area contributed by atoms with Gasteiger partial charge in [0.15, 0.2) is 0 Å².